The van der Waals surface area contributed by atoms with Crippen molar-refractivity contribution >= 4 is 0 Å². The molecule has 1 atom stereocenters. The van der Waals surface area contributed by atoms with Gasteiger partial charge in [0.05, 0.1) is 6.10 Å². The summed E-state index contributed by atoms with van der Waals surface area (Å²) in [7, 11) is 0. The number of benzene rings is 1. The van der Waals surface area contributed by atoms with Crippen LogP contribution in [0.5, 0.6) is 0 Å². The summed E-state index contributed by atoms with van der Waals surface area (Å²) in [5.41, 5.74) is 0.765. The zero-order valence-corrected chi connectivity index (χ0v) is 10.0. The molecule has 17 heavy (non-hydrogen) atoms. The van der Waals surface area contributed by atoms with E-state index in [0.29, 0.717) is 6.54 Å². The molecule has 1 aliphatic rings. The smallest absolute Gasteiger partial charge is 0.123 e. The van der Waals surface area contributed by atoms with Crippen LogP contribution in [-0.4, -0.2) is 18.2 Å². The highest BCUT2D eigenvalue weighted by Gasteiger charge is 2.19. The Bertz CT molecular complexity index is 335. The summed E-state index contributed by atoms with van der Waals surface area (Å²) in [4.78, 5) is 0. The van der Waals surface area contributed by atoms with Gasteiger partial charge < -0.3 is 10.4 Å². The van der Waals surface area contributed by atoms with E-state index in [4.69, 9.17) is 0 Å². The third-order valence-electron chi connectivity index (χ3n) is 3.26. The molecule has 2 nitrogen and oxygen atoms in total. The Hall–Kier alpha value is -0.930. The molecular weight excluding hydrogens is 217 g/mol. The van der Waals surface area contributed by atoms with Gasteiger partial charge in [-0.25, -0.2) is 4.39 Å². The lowest BCUT2D eigenvalue weighted by molar-refractivity contribution is 0.174. The number of halogens is 1. The molecule has 0 spiro atoms. The van der Waals surface area contributed by atoms with Crippen molar-refractivity contribution in [2.45, 2.75) is 31.8 Å². The molecule has 0 heterocycles. The SMILES string of the molecule is OC(CNCCCC1CC1)c1ccc(F)cc1. The summed E-state index contributed by atoms with van der Waals surface area (Å²) in [5.74, 6) is 0.706. The predicted molar refractivity (Wildman–Crippen MR) is 66.2 cm³/mol. The highest BCUT2D eigenvalue weighted by molar-refractivity contribution is 5.18. The molecule has 2 N–H and O–H groups in total. The number of nitrogens with one attached hydrogen (secondary N) is 1. The summed E-state index contributed by atoms with van der Waals surface area (Å²) < 4.78 is 12.7. The fourth-order valence-electron chi connectivity index (χ4n) is 1.96. The van der Waals surface area contributed by atoms with Crippen molar-refractivity contribution in [2.24, 2.45) is 5.92 Å². The average Bonchev–Trinajstić information content (AvgIpc) is 3.13. The second-order valence-electron chi connectivity index (χ2n) is 4.86. The first-order valence-corrected chi connectivity index (χ1v) is 6.40. The van der Waals surface area contributed by atoms with Gasteiger partial charge in [-0.3, -0.25) is 0 Å². The minimum Gasteiger partial charge on any atom is -0.387 e. The van der Waals surface area contributed by atoms with E-state index in [-0.39, 0.29) is 5.82 Å². The Morgan fingerprint density at radius 1 is 1.29 bits per heavy atom. The zero-order valence-electron chi connectivity index (χ0n) is 10.0. The van der Waals surface area contributed by atoms with E-state index in [0.717, 1.165) is 18.0 Å². The third-order valence-corrected chi connectivity index (χ3v) is 3.26. The highest BCUT2D eigenvalue weighted by atomic mass is 19.1. The van der Waals surface area contributed by atoms with Crippen molar-refractivity contribution in [2.75, 3.05) is 13.1 Å². The Balaban J connectivity index is 1.62. The lowest BCUT2D eigenvalue weighted by atomic mass is 10.1. The number of hydrogen-bond donors (Lipinski definition) is 2. The maximum atomic E-state index is 12.7. The van der Waals surface area contributed by atoms with Gasteiger partial charge in [0.15, 0.2) is 0 Å². The quantitative estimate of drug-likeness (QED) is 0.714. The van der Waals surface area contributed by atoms with Crippen LogP contribution in [0.2, 0.25) is 0 Å². The lowest BCUT2D eigenvalue weighted by Crippen LogP contribution is -2.22. The molecule has 94 valence electrons. The van der Waals surface area contributed by atoms with Gasteiger partial charge in [0, 0.05) is 6.54 Å². The molecule has 1 unspecified atom stereocenters. The monoisotopic (exact) mass is 237 g/mol. The normalized spacial score (nSPS) is 17.1. The molecule has 0 aromatic heterocycles. The first kappa shape index (κ1) is 12.5. The van der Waals surface area contributed by atoms with Crippen molar-refractivity contribution in [1.29, 1.82) is 0 Å². The van der Waals surface area contributed by atoms with E-state index < -0.39 is 6.10 Å². The molecule has 0 radical (unpaired) electrons. The van der Waals surface area contributed by atoms with E-state index >= 15 is 0 Å². The van der Waals surface area contributed by atoms with Gasteiger partial charge in [-0.05, 0) is 43.0 Å². The Morgan fingerprint density at radius 3 is 2.65 bits per heavy atom. The summed E-state index contributed by atoms with van der Waals surface area (Å²) >= 11 is 0. The molecule has 0 aliphatic heterocycles. The highest BCUT2D eigenvalue weighted by Crippen LogP contribution is 2.33. The number of aliphatic hydroxyl groups is 1. The predicted octanol–water partition coefficient (Wildman–Crippen LogP) is 2.64. The molecule has 0 bridgehead atoms. The van der Waals surface area contributed by atoms with Crippen LogP contribution in [0.4, 0.5) is 4.39 Å². The largest absolute Gasteiger partial charge is 0.387 e. The standard InChI is InChI=1S/C14H20FNO/c15-13-7-5-12(6-8-13)14(17)10-16-9-1-2-11-3-4-11/h5-8,11,14,16-17H,1-4,9-10H2. The third kappa shape index (κ3) is 4.44. The molecule has 1 aliphatic carbocycles. The van der Waals surface area contributed by atoms with Gasteiger partial charge in [-0.1, -0.05) is 25.0 Å². The number of rotatable bonds is 7. The van der Waals surface area contributed by atoms with Gasteiger partial charge in [0.25, 0.3) is 0 Å². The van der Waals surface area contributed by atoms with Gasteiger partial charge in [0.1, 0.15) is 5.82 Å². The van der Waals surface area contributed by atoms with Crippen LogP contribution < -0.4 is 5.32 Å². The molecule has 3 heteroatoms. The number of hydrogen-bond acceptors (Lipinski definition) is 2. The molecule has 1 aromatic carbocycles. The Morgan fingerprint density at radius 2 is 2.00 bits per heavy atom. The topological polar surface area (TPSA) is 32.3 Å². The molecule has 2 rings (SSSR count). The molecule has 1 fully saturated rings. The summed E-state index contributed by atoms with van der Waals surface area (Å²) in [5, 5.41) is 13.1. The molecular formula is C14H20FNO. The van der Waals surface area contributed by atoms with E-state index in [1.54, 1.807) is 12.1 Å². The summed E-state index contributed by atoms with van der Waals surface area (Å²) in [6.45, 7) is 1.49. The van der Waals surface area contributed by atoms with Crippen LogP contribution >= 0.6 is 0 Å². The molecule has 1 aromatic rings. The second-order valence-corrected chi connectivity index (χ2v) is 4.86. The fraction of sp³-hybridized carbons (Fsp3) is 0.571. The fourth-order valence-corrected chi connectivity index (χ4v) is 1.96. The Kier molecular flexibility index (Phi) is 4.51. The molecule has 1 saturated carbocycles. The zero-order chi connectivity index (χ0) is 12.1. The second kappa shape index (κ2) is 6.12. The van der Waals surface area contributed by atoms with Crippen LogP contribution in [0.15, 0.2) is 24.3 Å². The van der Waals surface area contributed by atoms with Crippen molar-refractivity contribution < 1.29 is 9.50 Å². The first-order chi connectivity index (χ1) is 8.25. The number of aliphatic hydroxyl groups excluding tert-OH is 1. The van der Waals surface area contributed by atoms with Gasteiger partial charge in [-0.15, -0.1) is 0 Å². The minimum absolute atomic E-state index is 0.265. The maximum Gasteiger partial charge on any atom is 0.123 e. The average molecular weight is 237 g/mol. The summed E-state index contributed by atoms with van der Waals surface area (Å²) in [6.07, 6.45) is 4.74. The minimum atomic E-state index is -0.545. The van der Waals surface area contributed by atoms with Crippen molar-refractivity contribution in [1.82, 2.24) is 5.32 Å². The van der Waals surface area contributed by atoms with Crippen molar-refractivity contribution in [3.05, 3.63) is 35.6 Å². The Labute approximate surface area is 102 Å². The maximum absolute atomic E-state index is 12.7. The molecule has 0 saturated heterocycles. The van der Waals surface area contributed by atoms with E-state index in [9.17, 15) is 9.50 Å². The lowest BCUT2D eigenvalue weighted by Gasteiger charge is -2.12. The molecule has 0 amide bonds. The van der Waals surface area contributed by atoms with Crippen molar-refractivity contribution in [3.8, 4) is 0 Å². The summed E-state index contributed by atoms with van der Waals surface area (Å²) in [6, 6.07) is 6.02. The van der Waals surface area contributed by atoms with E-state index in [1.807, 2.05) is 0 Å². The van der Waals surface area contributed by atoms with Crippen molar-refractivity contribution in [3.63, 3.8) is 0 Å². The van der Waals surface area contributed by atoms with Crippen LogP contribution in [0.25, 0.3) is 0 Å². The van der Waals surface area contributed by atoms with Crippen LogP contribution in [0, 0.1) is 11.7 Å². The van der Waals surface area contributed by atoms with E-state index in [2.05, 4.69) is 5.32 Å². The van der Waals surface area contributed by atoms with Crippen LogP contribution in [-0.2, 0) is 0 Å². The van der Waals surface area contributed by atoms with Gasteiger partial charge in [-0.2, -0.15) is 0 Å². The van der Waals surface area contributed by atoms with Crippen LogP contribution in [0.1, 0.15) is 37.4 Å². The van der Waals surface area contributed by atoms with Crippen LogP contribution in [0.3, 0.4) is 0 Å². The van der Waals surface area contributed by atoms with E-state index in [1.165, 1.54) is 37.8 Å². The first-order valence-electron chi connectivity index (χ1n) is 6.40. The van der Waals surface area contributed by atoms with Gasteiger partial charge >= 0.3 is 0 Å². The van der Waals surface area contributed by atoms with Gasteiger partial charge in [0.2, 0.25) is 0 Å².